The van der Waals surface area contributed by atoms with Crippen LogP contribution in [0.25, 0.3) is 0 Å². The molecule has 0 spiro atoms. The maximum atomic E-state index is 3.67. The van der Waals surface area contributed by atoms with Gasteiger partial charge in [-0.1, -0.05) is 6.07 Å². The van der Waals surface area contributed by atoms with Gasteiger partial charge in [-0.05, 0) is 37.0 Å². The fourth-order valence-corrected chi connectivity index (χ4v) is 2.79. The van der Waals surface area contributed by atoms with E-state index in [4.69, 9.17) is 0 Å². The van der Waals surface area contributed by atoms with Gasteiger partial charge >= 0.3 is 0 Å². The van der Waals surface area contributed by atoms with Crippen LogP contribution in [0.3, 0.4) is 0 Å². The quantitative estimate of drug-likeness (QED) is 0.878. The Balaban J connectivity index is 1.74. The van der Waals surface area contributed by atoms with Gasteiger partial charge in [0.2, 0.25) is 0 Å². The van der Waals surface area contributed by atoms with Crippen molar-refractivity contribution < 1.29 is 0 Å². The molecule has 0 aromatic heterocycles. The maximum Gasteiger partial charge on any atom is 0.0387 e. The topological polar surface area (TPSA) is 18.5 Å². The fourth-order valence-electron chi connectivity index (χ4n) is 2.79. The van der Waals surface area contributed by atoms with E-state index in [2.05, 4.69) is 53.5 Å². The van der Waals surface area contributed by atoms with E-state index >= 15 is 0 Å². The minimum atomic E-state index is 0.710. The van der Waals surface area contributed by atoms with E-state index in [1.54, 1.807) is 0 Å². The number of rotatable bonds is 3. The number of piperazine rings is 1. The number of benzene rings is 1. The molecule has 3 nitrogen and oxygen atoms in total. The zero-order chi connectivity index (χ0) is 12.5. The van der Waals surface area contributed by atoms with Crippen molar-refractivity contribution in [3.63, 3.8) is 0 Å². The summed E-state index contributed by atoms with van der Waals surface area (Å²) in [6, 6.07) is 9.59. The van der Waals surface area contributed by atoms with Crippen molar-refractivity contribution >= 4 is 11.4 Å². The first-order chi connectivity index (χ1) is 8.74. The van der Waals surface area contributed by atoms with Crippen molar-refractivity contribution in [2.45, 2.75) is 18.9 Å². The van der Waals surface area contributed by atoms with Crippen LogP contribution >= 0.6 is 0 Å². The number of anilines is 2. The summed E-state index contributed by atoms with van der Waals surface area (Å²) in [6.45, 7) is 3.41. The van der Waals surface area contributed by atoms with Crippen LogP contribution < -0.4 is 15.1 Å². The second-order valence-electron chi connectivity index (χ2n) is 5.76. The van der Waals surface area contributed by atoms with Crippen molar-refractivity contribution in [3.05, 3.63) is 24.3 Å². The van der Waals surface area contributed by atoms with Gasteiger partial charge in [-0.3, -0.25) is 0 Å². The molecular formula is C15H23N3. The molecular weight excluding hydrogens is 222 g/mol. The lowest BCUT2D eigenvalue weighted by molar-refractivity contribution is 0.419. The van der Waals surface area contributed by atoms with Gasteiger partial charge < -0.3 is 15.1 Å². The molecule has 1 aromatic carbocycles. The van der Waals surface area contributed by atoms with E-state index < -0.39 is 0 Å². The highest BCUT2D eigenvalue weighted by molar-refractivity contribution is 5.59. The summed E-state index contributed by atoms with van der Waals surface area (Å²) in [6.07, 6.45) is 2.84. The summed E-state index contributed by atoms with van der Waals surface area (Å²) in [4.78, 5) is 4.70. The zero-order valence-electron chi connectivity index (χ0n) is 11.4. The molecule has 1 saturated heterocycles. The Kier molecular flexibility index (Phi) is 3.16. The monoisotopic (exact) mass is 245 g/mol. The van der Waals surface area contributed by atoms with Crippen LogP contribution in [0.4, 0.5) is 11.4 Å². The van der Waals surface area contributed by atoms with Gasteiger partial charge in [-0.15, -0.1) is 0 Å². The molecule has 1 saturated carbocycles. The molecule has 0 bridgehead atoms. The highest BCUT2D eigenvalue weighted by Gasteiger charge is 2.34. The third-order valence-corrected chi connectivity index (χ3v) is 4.11. The van der Waals surface area contributed by atoms with Crippen molar-refractivity contribution in [3.8, 4) is 0 Å². The van der Waals surface area contributed by atoms with E-state index in [1.807, 2.05) is 0 Å². The molecule has 0 amide bonds. The smallest absolute Gasteiger partial charge is 0.0387 e. The Morgan fingerprint density at radius 1 is 1.28 bits per heavy atom. The van der Waals surface area contributed by atoms with Crippen molar-refractivity contribution in [2.75, 3.05) is 43.5 Å². The predicted molar refractivity (Wildman–Crippen MR) is 77.5 cm³/mol. The third kappa shape index (κ3) is 2.46. The molecule has 2 fully saturated rings. The molecule has 2 aliphatic rings. The average Bonchev–Trinajstić information content (AvgIpc) is 3.23. The van der Waals surface area contributed by atoms with Crippen LogP contribution in [0.1, 0.15) is 12.8 Å². The number of hydrogen-bond acceptors (Lipinski definition) is 3. The molecule has 98 valence electrons. The number of nitrogens with one attached hydrogen (secondary N) is 1. The van der Waals surface area contributed by atoms with Gasteiger partial charge in [0.1, 0.15) is 0 Å². The molecule has 3 heteroatoms. The fraction of sp³-hybridized carbons (Fsp3) is 0.600. The second kappa shape index (κ2) is 4.81. The standard InChI is InChI=1S/C15H23N3/c1-17(2)13-4-3-5-14(10-13)18-9-8-16-15(11-18)12-6-7-12/h3-5,10,12,15-16H,6-9,11H2,1-2H3. The normalized spacial score (nSPS) is 24.1. The van der Waals surface area contributed by atoms with E-state index in [0.717, 1.165) is 19.0 Å². The predicted octanol–water partition coefficient (Wildman–Crippen LogP) is 1.94. The van der Waals surface area contributed by atoms with Gasteiger partial charge in [0.05, 0.1) is 0 Å². The zero-order valence-corrected chi connectivity index (χ0v) is 11.4. The van der Waals surface area contributed by atoms with Gasteiger partial charge in [0.25, 0.3) is 0 Å². The highest BCUT2D eigenvalue weighted by Crippen LogP contribution is 2.34. The van der Waals surface area contributed by atoms with E-state index in [-0.39, 0.29) is 0 Å². The summed E-state index contributed by atoms with van der Waals surface area (Å²) in [5.74, 6) is 0.935. The van der Waals surface area contributed by atoms with Crippen LogP contribution in [0.5, 0.6) is 0 Å². The van der Waals surface area contributed by atoms with Crippen LogP contribution in [0.2, 0.25) is 0 Å². The van der Waals surface area contributed by atoms with Crippen molar-refractivity contribution in [2.24, 2.45) is 5.92 Å². The molecule has 1 N–H and O–H groups in total. The molecule has 0 radical (unpaired) electrons. The molecule has 1 aliphatic carbocycles. The van der Waals surface area contributed by atoms with E-state index in [9.17, 15) is 0 Å². The SMILES string of the molecule is CN(C)c1cccc(N2CCNC(C3CC3)C2)c1. The van der Waals surface area contributed by atoms with Crippen molar-refractivity contribution in [1.82, 2.24) is 5.32 Å². The molecule has 1 aromatic rings. The van der Waals surface area contributed by atoms with E-state index in [1.165, 1.54) is 30.8 Å². The minimum Gasteiger partial charge on any atom is -0.378 e. The van der Waals surface area contributed by atoms with E-state index in [0.29, 0.717) is 6.04 Å². The summed E-state index contributed by atoms with van der Waals surface area (Å²) >= 11 is 0. The lowest BCUT2D eigenvalue weighted by atomic mass is 10.1. The van der Waals surface area contributed by atoms with Gasteiger partial charge in [-0.2, -0.15) is 0 Å². The van der Waals surface area contributed by atoms with Gasteiger partial charge in [-0.25, -0.2) is 0 Å². The first-order valence-electron chi connectivity index (χ1n) is 7.00. The second-order valence-corrected chi connectivity index (χ2v) is 5.76. The molecule has 1 heterocycles. The summed E-state index contributed by atoms with van der Waals surface area (Å²) in [5.41, 5.74) is 2.65. The Hall–Kier alpha value is -1.22. The molecule has 1 unspecified atom stereocenters. The Morgan fingerprint density at radius 2 is 2.11 bits per heavy atom. The summed E-state index contributed by atoms with van der Waals surface area (Å²) in [5, 5.41) is 3.67. The lowest BCUT2D eigenvalue weighted by Crippen LogP contribution is -2.51. The molecule has 1 atom stereocenters. The Bertz CT molecular complexity index is 412. The molecule has 1 aliphatic heterocycles. The Morgan fingerprint density at radius 3 is 2.83 bits per heavy atom. The van der Waals surface area contributed by atoms with Crippen LogP contribution in [0, 0.1) is 5.92 Å². The maximum absolute atomic E-state index is 3.67. The van der Waals surface area contributed by atoms with Crippen LogP contribution in [-0.4, -0.2) is 39.8 Å². The van der Waals surface area contributed by atoms with Gasteiger partial charge in [0.15, 0.2) is 0 Å². The first kappa shape index (κ1) is 11.8. The van der Waals surface area contributed by atoms with Crippen LogP contribution in [0.15, 0.2) is 24.3 Å². The minimum absolute atomic E-state index is 0.710. The molecule has 3 rings (SSSR count). The highest BCUT2D eigenvalue weighted by atomic mass is 15.2. The average molecular weight is 245 g/mol. The summed E-state index contributed by atoms with van der Waals surface area (Å²) in [7, 11) is 4.20. The number of nitrogens with zero attached hydrogens (tertiary/aromatic N) is 2. The first-order valence-corrected chi connectivity index (χ1v) is 7.00. The largest absolute Gasteiger partial charge is 0.378 e. The van der Waals surface area contributed by atoms with Crippen LogP contribution in [-0.2, 0) is 0 Å². The third-order valence-electron chi connectivity index (χ3n) is 4.11. The lowest BCUT2D eigenvalue weighted by Gasteiger charge is -2.36. The summed E-state index contributed by atoms with van der Waals surface area (Å²) < 4.78 is 0. The van der Waals surface area contributed by atoms with Gasteiger partial charge in [0, 0.05) is 51.1 Å². The van der Waals surface area contributed by atoms with Crippen molar-refractivity contribution in [1.29, 1.82) is 0 Å². The number of hydrogen-bond donors (Lipinski definition) is 1. The molecule has 18 heavy (non-hydrogen) atoms. The Labute approximate surface area is 110 Å².